The van der Waals surface area contributed by atoms with Crippen LogP contribution in [0.25, 0.3) is 10.8 Å². The van der Waals surface area contributed by atoms with Crippen molar-refractivity contribution in [1.82, 2.24) is 15.2 Å². The number of fused-ring (bicyclic) bond motifs is 1. The molecule has 1 atom stereocenters. The van der Waals surface area contributed by atoms with Crippen molar-refractivity contribution in [2.45, 2.75) is 6.04 Å². The van der Waals surface area contributed by atoms with Crippen LogP contribution in [0.5, 0.6) is 0 Å². The Morgan fingerprint density at radius 3 is 2.48 bits per heavy atom. The van der Waals surface area contributed by atoms with Gasteiger partial charge in [-0.05, 0) is 37.2 Å². The van der Waals surface area contributed by atoms with Crippen molar-refractivity contribution in [2.24, 2.45) is 0 Å². The molecular formula is C20H21N3O2. The molecule has 0 unspecified atom stereocenters. The van der Waals surface area contributed by atoms with Crippen LogP contribution in [0.15, 0.2) is 65.5 Å². The molecule has 0 radical (unpaired) electrons. The summed E-state index contributed by atoms with van der Waals surface area (Å²) in [5.74, 6) is -0.293. The first kappa shape index (κ1) is 16.9. The van der Waals surface area contributed by atoms with Crippen molar-refractivity contribution in [2.75, 3.05) is 20.6 Å². The molecule has 0 saturated carbocycles. The van der Waals surface area contributed by atoms with E-state index in [-0.39, 0.29) is 23.2 Å². The summed E-state index contributed by atoms with van der Waals surface area (Å²) in [5.41, 5.74) is 1.03. The molecule has 0 aliphatic rings. The molecule has 0 aliphatic heterocycles. The number of nitrogens with zero attached hydrogens (tertiary/aromatic N) is 1. The summed E-state index contributed by atoms with van der Waals surface area (Å²) >= 11 is 0. The lowest BCUT2D eigenvalue weighted by Crippen LogP contribution is -2.36. The summed E-state index contributed by atoms with van der Waals surface area (Å²) in [4.78, 5) is 29.6. The van der Waals surface area contributed by atoms with Crippen LogP contribution in [0.1, 0.15) is 22.1 Å². The number of hydrogen-bond acceptors (Lipinski definition) is 3. The van der Waals surface area contributed by atoms with Gasteiger partial charge in [0.15, 0.2) is 0 Å². The fourth-order valence-electron chi connectivity index (χ4n) is 2.85. The second kappa shape index (κ2) is 7.32. The van der Waals surface area contributed by atoms with Crippen molar-refractivity contribution >= 4 is 16.7 Å². The summed E-state index contributed by atoms with van der Waals surface area (Å²) in [5, 5.41) is 4.35. The Morgan fingerprint density at radius 1 is 1.08 bits per heavy atom. The first-order valence-electron chi connectivity index (χ1n) is 8.17. The summed E-state index contributed by atoms with van der Waals surface area (Å²) < 4.78 is 0. The lowest BCUT2D eigenvalue weighted by atomic mass is 10.1. The Morgan fingerprint density at radius 2 is 1.76 bits per heavy atom. The molecule has 0 spiro atoms. The maximum absolute atomic E-state index is 12.7. The van der Waals surface area contributed by atoms with Crippen LogP contribution >= 0.6 is 0 Å². The average molecular weight is 335 g/mol. The molecule has 0 fully saturated rings. The third kappa shape index (κ3) is 3.95. The molecule has 3 rings (SSSR count). The van der Waals surface area contributed by atoms with E-state index >= 15 is 0 Å². The summed E-state index contributed by atoms with van der Waals surface area (Å²) in [6, 6.07) is 18.6. The standard InChI is InChI=1S/C20H21N3O2/c1-23(2)13-18(14-8-4-3-5-9-14)22-20(25)17-12-15-10-6-7-11-16(15)19(24)21-17/h3-12,18H,13H2,1-2H3,(H,21,24)(H,22,25)/t18-/m1/s1. The van der Waals surface area contributed by atoms with Crippen LogP contribution in [0.4, 0.5) is 0 Å². The summed E-state index contributed by atoms with van der Waals surface area (Å²) in [7, 11) is 3.92. The van der Waals surface area contributed by atoms with Crippen LogP contribution in [-0.2, 0) is 0 Å². The summed E-state index contributed by atoms with van der Waals surface area (Å²) in [6.45, 7) is 0.660. The monoisotopic (exact) mass is 335 g/mol. The Bertz CT molecular complexity index is 932. The minimum atomic E-state index is -0.293. The minimum absolute atomic E-state index is 0.168. The van der Waals surface area contributed by atoms with Crippen molar-refractivity contribution in [3.63, 3.8) is 0 Å². The molecule has 3 aromatic rings. The van der Waals surface area contributed by atoms with E-state index in [0.717, 1.165) is 10.9 Å². The number of hydrogen-bond donors (Lipinski definition) is 2. The van der Waals surface area contributed by atoms with Gasteiger partial charge in [0.25, 0.3) is 11.5 Å². The number of amides is 1. The zero-order valence-corrected chi connectivity index (χ0v) is 14.3. The average Bonchev–Trinajstić information content (AvgIpc) is 2.61. The molecule has 1 aromatic heterocycles. The van der Waals surface area contributed by atoms with Gasteiger partial charge in [0.05, 0.1) is 6.04 Å². The molecule has 128 valence electrons. The molecule has 5 heteroatoms. The predicted molar refractivity (Wildman–Crippen MR) is 99.8 cm³/mol. The van der Waals surface area contributed by atoms with E-state index in [1.165, 1.54) is 0 Å². The molecule has 2 N–H and O–H groups in total. The number of carbonyl (C=O) groups excluding carboxylic acids is 1. The second-order valence-corrected chi connectivity index (χ2v) is 6.30. The number of aromatic nitrogens is 1. The Hall–Kier alpha value is -2.92. The van der Waals surface area contributed by atoms with Crippen molar-refractivity contribution in [3.05, 3.63) is 82.3 Å². The van der Waals surface area contributed by atoms with E-state index in [4.69, 9.17) is 0 Å². The Balaban J connectivity index is 1.90. The van der Waals surface area contributed by atoms with Gasteiger partial charge in [0.2, 0.25) is 0 Å². The van der Waals surface area contributed by atoms with Crippen LogP contribution in [0.3, 0.4) is 0 Å². The highest BCUT2D eigenvalue weighted by molar-refractivity contribution is 5.96. The van der Waals surface area contributed by atoms with Crippen molar-refractivity contribution in [1.29, 1.82) is 0 Å². The highest BCUT2D eigenvalue weighted by Crippen LogP contribution is 2.15. The molecule has 1 amide bonds. The van der Waals surface area contributed by atoms with E-state index < -0.39 is 0 Å². The van der Waals surface area contributed by atoms with E-state index in [1.807, 2.05) is 61.5 Å². The topological polar surface area (TPSA) is 65.2 Å². The van der Waals surface area contributed by atoms with Gasteiger partial charge >= 0.3 is 0 Å². The molecule has 0 bridgehead atoms. The minimum Gasteiger partial charge on any atom is -0.343 e. The fraction of sp³-hybridized carbons (Fsp3) is 0.200. The number of benzene rings is 2. The van der Waals surface area contributed by atoms with E-state index in [1.54, 1.807) is 18.2 Å². The van der Waals surface area contributed by atoms with Crippen LogP contribution in [-0.4, -0.2) is 36.4 Å². The van der Waals surface area contributed by atoms with Gasteiger partial charge in [-0.3, -0.25) is 9.59 Å². The van der Waals surface area contributed by atoms with Crippen molar-refractivity contribution < 1.29 is 4.79 Å². The first-order valence-corrected chi connectivity index (χ1v) is 8.17. The maximum Gasteiger partial charge on any atom is 0.268 e. The third-order valence-corrected chi connectivity index (χ3v) is 4.05. The quantitative estimate of drug-likeness (QED) is 0.753. The predicted octanol–water partition coefficient (Wildman–Crippen LogP) is 2.56. The number of aromatic amines is 1. The highest BCUT2D eigenvalue weighted by atomic mass is 16.2. The zero-order chi connectivity index (χ0) is 17.8. The lowest BCUT2D eigenvalue weighted by molar-refractivity contribution is 0.0925. The SMILES string of the molecule is CN(C)C[C@@H](NC(=O)c1cc2ccccc2c(=O)[nH]1)c1ccccc1. The van der Waals surface area contributed by atoms with E-state index in [2.05, 4.69) is 10.3 Å². The zero-order valence-electron chi connectivity index (χ0n) is 14.3. The Labute approximate surface area is 146 Å². The van der Waals surface area contributed by atoms with Crippen LogP contribution in [0, 0.1) is 0 Å². The van der Waals surface area contributed by atoms with Gasteiger partial charge in [0, 0.05) is 11.9 Å². The molecular weight excluding hydrogens is 314 g/mol. The molecule has 5 nitrogen and oxygen atoms in total. The van der Waals surface area contributed by atoms with Gasteiger partial charge in [-0.2, -0.15) is 0 Å². The van der Waals surface area contributed by atoms with Crippen LogP contribution < -0.4 is 10.9 Å². The third-order valence-electron chi connectivity index (χ3n) is 4.05. The normalized spacial score (nSPS) is 12.3. The van der Waals surface area contributed by atoms with Gasteiger partial charge in [-0.1, -0.05) is 48.5 Å². The first-order chi connectivity index (χ1) is 12.0. The number of rotatable bonds is 5. The van der Waals surface area contributed by atoms with Crippen LogP contribution in [0.2, 0.25) is 0 Å². The van der Waals surface area contributed by atoms with Gasteiger partial charge in [-0.15, -0.1) is 0 Å². The maximum atomic E-state index is 12.7. The molecule has 1 heterocycles. The number of pyridine rings is 1. The number of nitrogens with one attached hydrogen (secondary N) is 2. The number of likely N-dealkylation sites (N-methyl/N-ethyl adjacent to an activating group) is 1. The molecule has 0 saturated heterocycles. The highest BCUT2D eigenvalue weighted by Gasteiger charge is 2.17. The smallest absolute Gasteiger partial charge is 0.268 e. The second-order valence-electron chi connectivity index (χ2n) is 6.30. The van der Waals surface area contributed by atoms with E-state index in [9.17, 15) is 9.59 Å². The van der Waals surface area contributed by atoms with Crippen molar-refractivity contribution in [3.8, 4) is 0 Å². The number of H-pyrrole nitrogens is 1. The number of carbonyl (C=O) groups is 1. The van der Waals surface area contributed by atoms with Gasteiger partial charge < -0.3 is 15.2 Å². The molecule has 2 aromatic carbocycles. The van der Waals surface area contributed by atoms with Gasteiger partial charge in [-0.25, -0.2) is 0 Å². The fourth-order valence-corrected chi connectivity index (χ4v) is 2.85. The Kier molecular flexibility index (Phi) is 4.95. The molecule has 0 aliphatic carbocycles. The largest absolute Gasteiger partial charge is 0.343 e. The molecule has 25 heavy (non-hydrogen) atoms. The van der Waals surface area contributed by atoms with Gasteiger partial charge in [0.1, 0.15) is 5.69 Å². The van der Waals surface area contributed by atoms with E-state index in [0.29, 0.717) is 11.9 Å². The summed E-state index contributed by atoms with van der Waals surface area (Å²) in [6.07, 6.45) is 0. The lowest BCUT2D eigenvalue weighted by Gasteiger charge is -2.23.